The lowest BCUT2D eigenvalue weighted by molar-refractivity contribution is -0.118. The molecule has 160 valence electrons. The molecule has 3 rings (SSSR count). The number of alkyl halides is 2. The van der Waals surface area contributed by atoms with Crippen molar-refractivity contribution in [2.45, 2.75) is 51.5 Å². The third kappa shape index (κ3) is 4.90. The van der Waals surface area contributed by atoms with Crippen LogP contribution in [0.25, 0.3) is 0 Å². The molecule has 1 aliphatic rings. The van der Waals surface area contributed by atoms with Crippen LogP contribution < -0.4 is 15.4 Å². The molecule has 0 aliphatic heterocycles. The summed E-state index contributed by atoms with van der Waals surface area (Å²) < 4.78 is 30.3. The van der Waals surface area contributed by atoms with E-state index in [4.69, 9.17) is 10.5 Å². The minimum atomic E-state index is -2.58. The van der Waals surface area contributed by atoms with E-state index in [1.807, 2.05) is 13.0 Å². The summed E-state index contributed by atoms with van der Waals surface area (Å²) in [6.07, 6.45) is 2.46. The average Bonchev–Trinajstić information content (AvgIpc) is 3.57. The molecule has 1 saturated carbocycles. The second-order valence-corrected chi connectivity index (χ2v) is 7.20. The topological polar surface area (TPSA) is 98.4 Å². The van der Waals surface area contributed by atoms with Crippen LogP contribution in [0.15, 0.2) is 30.6 Å². The van der Waals surface area contributed by atoms with Gasteiger partial charge in [0.2, 0.25) is 17.7 Å². The van der Waals surface area contributed by atoms with Crippen molar-refractivity contribution in [3.8, 4) is 5.88 Å². The number of amides is 2. The minimum absolute atomic E-state index is 0.192. The van der Waals surface area contributed by atoms with E-state index in [-0.39, 0.29) is 29.7 Å². The van der Waals surface area contributed by atoms with E-state index >= 15 is 0 Å². The summed E-state index contributed by atoms with van der Waals surface area (Å²) >= 11 is 0. The summed E-state index contributed by atoms with van der Waals surface area (Å²) in [5, 5.41) is 0. The monoisotopic (exact) mass is 418 g/mol. The van der Waals surface area contributed by atoms with E-state index in [9.17, 15) is 18.4 Å². The molecule has 2 aromatic heterocycles. The molecule has 1 unspecified atom stereocenters. The highest BCUT2D eigenvalue weighted by Gasteiger charge is 2.31. The number of primary amides is 1. The Kier molecular flexibility index (Phi) is 6.59. The van der Waals surface area contributed by atoms with Crippen molar-refractivity contribution in [1.82, 2.24) is 9.97 Å². The van der Waals surface area contributed by atoms with Crippen LogP contribution in [0, 0.1) is 0 Å². The zero-order valence-electron chi connectivity index (χ0n) is 16.8. The van der Waals surface area contributed by atoms with Gasteiger partial charge in [-0.15, -0.1) is 0 Å². The Hall–Kier alpha value is -3.10. The summed E-state index contributed by atoms with van der Waals surface area (Å²) in [5.41, 5.74) is 7.09. The first-order valence-corrected chi connectivity index (χ1v) is 9.80. The van der Waals surface area contributed by atoms with Gasteiger partial charge in [-0.25, -0.2) is 18.7 Å². The van der Waals surface area contributed by atoms with Gasteiger partial charge in [-0.2, -0.15) is 0 Å². The van der Waals surface area contributed by atoms with E-state index in [2.05, 4.69) is 9.97 Å². The van der Waals surface area contributed by atoms with Crippen LogP contribution in [0.4, 0.5) is 14.6 Å². The number of nitrogens with two attached hydrogens (primary N) is 1. The SMILES string of the molecule is CCC(=O)N(c1cc(C(N)=O)ccn1)C(C)c1cnc(OCC(F)F)c(C2CC2)c1. The molecule has 1 fully saturated rings. The molecule has 0 saturated heterocycles. The Morgan fingerprint density at radius 2 is 2.03 bits per heavy atom. The number of pyridine rings is 2. The lowest BCUT2D eigenvalue weighted by Gasteiger charge is -2.29. The maximum absolute atomic E-state index is 12.7. The largest absolute Gasteiger partial charge is 0.471 e. The third-order valence-electron chi connectivity index (χ3n) is 4.98. The highest BCUT2D eigenvalue weighted by molar-refractivity contribution is 5.96. The highest BCUT2D eigenvalue weighted by Crippen LogP contribution is 2.44. The van der Waals surface area contributed by atoms with Crippen molar-refractivity contribution >= 4 is 17.6 Å². The van der Waals surface area contributed by atoms with Crippen molar-refractivity contribution in [2.24, 2.45) is 5.73 Å². The van der Waals surface area contributed by atoms with Gasteiger partial charge < -0.3 is 10.5 Å². The van der Waals surface area contributed by atoms with Crippen LogP contribution in [0.5, 0.6) is 5.88 Å². The van der Waals surface area contributed by atoms with E-state index in [0.717, 1.165) is 24.0 Å². The summed E-state index contributed by atoms with van der Waals surface area (Å²) in [4.78, 5) is 34.2. The van der Waals surface area contributed by atoms with Gasteiger partial charge in [0.05, 0.1) is 6.04 Å². The van der Waals surface area contributed by atoms with Crippen LogP contribution in [-0.2, 0) is 4.79 Å². The standard InChI is InChI=1S/C21H24F2N4O3/c1-3-19(28)27(18-9-14(20(24)29)6-7-25-18)12(2)15-8-16(13-4-5-13)21(26-10-15)30-11-17(22)23/h6-10,12-13,17H,3-5,11H2,1-2H3,(H2,24,29). The number of ether oxygens (including phenoxy) is 1. The van der Waals surface area contributed by atoms with Crippen LogP contribution in [0.1, 0.15) is 66.6 Å². The predicted octanol–water partition coefficient (Wildman–Crippen LogP) is 3.60. The first kappa shape index (κ1) is 21.6. The van der Waals surface area contributed by atoms with Gasteiger partial charge in [-0.05, 0) is 49.4 Å². The molecule has 1 aliphatic carbocycles. The van der Waals surface area contributed by atoms with Crippen LogP contribution in [0.3, 0.4) is 0 Å². The smallest absolute Gasteiger partial charge is 0.272 e. The molecular formula is C21H24F2N4O3. The van der Waals surface area contributed by atoms with Crippen LogP contribution in [0.2, 0.25) is 0 Å². The summed E-state index contributed by atoms with van der Waals surface area (Å²) in [6.45, 7) is 2.83. The van der Waals surface area contributed by atoms with Gasteiger partial charge >= 0.3 is 0 Å². The molecule has 0 bridgehead atoms. The predicted molar refractivity (Wildman–Crippen MR) is 107 cm³/mol. The van der Waals surface area contributed by atoms with Crippen molar-refractivity contribution in [3.05, 3.63) is 47.3 Å². The third-order valence-corrected chi connectivity index (χ3v) is 4.98. The van der Waals surface area contributed by atoms with Gasteiger partial charge in [-0.3, -0.25) is 14.5 Å². The van der Waals surface area contributed by atoms with Gasteiger partial charge in [0, 0.05) is 29.9 Å². The molecule has 1 atom stereocenters. The van der Waals surface area contributed by atoms with Crippen molar-refractivity contribution in [3.63, 3.8) is 0 Å². The highest BCUT2D eigenvalue weighted by atomic mass is 19.3. The maximum atomic E-state index is 12.7. The summed E-state index contributed by atoms with van der Waals surface area (Å²) in [5.74, 6) is -0.0902. The lowest BCUT2D eigenvalue weighted by Crippen LogP contribution is -2.34. The fourth-order valence-electron chi connectivity index (χ4n) is 3.23. The van der Waals surface area contributed by atoms with Gasteiger partial charge in [0.15, 0.2) is 6.61 Å². The number of carbonyl (C=O) groups excluding carboxylic acids is 2. The lowest BCUT2D eigenvalue weighted by atomic mass is 10.0. The molecule has 2 aromatic rings. The molecule has 9 heteroatoms. The molecule has 0 spiro atoms. The average molecular weight is 418 g/mol. The normalized spacial score (nSPS) is 14.4. The maximum Gasteiger partial charge on any atom is 0.272 e. The molecule has 2 N–H and O–H groups in total. The summed E-state index contributed by atoms with van der Waals surface area (Å²) in [7, 11) is 0. The minimum Gasteiger partial charge on any atom is -0.471 e. The number of aromatic nitrogens is 2. The molecule has 0 radical (unpaired) electrons. The Labute approximate surface area is 173 Å². The molecule has 2 amide bonds. The van der Waals surface area contributed by atoms with E-state index < -0.39 is 25.0 Å². The first-order valence-electron chi connectivity index (χ1n) is 9.80. The number of hydrogen-bond donors (Lipinski definition) is 1. The van der Waals surface area contributed by atoms with Gasteiger partial charge in [0.25, 0.3) is 6.43 Å². The fourth-order valence-corrected chi connectivity index (χ4v) is 3.23. The van der Waals surface area contributed by atoms with E-state index in [0.29, 0.717) is 5.82 Å². The Morgan fingerprint density at radius 3 is 2.63 bits per heavy atom. The molecule has 0 aromatic carbocycles. The number of rotatable bonds is 9. The first-order chi connectivity index (χ1) is 14.3. The second kappa shape index (κ2) is 9.15. The molecule has 30 heavy (non-hydrogen) atoms. The van der Waals surface area contributed by atoms with Gasteiger partial charge in [0.1, 0.15) is 5.82 Å². The van der Waals surface area contributed by atoms with Crippen LogP contribution >= 0.6 is 0 Å². The number of anilines is 1. The number of nitrogens with zero attached hydrogens (tertiary/aromatic N) is 3. The van der Waals surface area contributed by atoms with Crippen molar-refractivity contribution in [2.75, 3.05) is 11.5 Å². The Balaban J connectivity index is 1.95. The summed E-state index contributed by atoms with van der Waals surface area (Å²) in [6, 6.07) is 4.35. The second-order valence-electron chi connectivity index (χ2n) is 7.20. The zero-order valence-corrected chi connectivity index (χ0v) is 16.8. The quantitative estimate of drug-likeness (QED) is 0.671. The van der Waals surface area contributed by atoms with Crippen molar-refractivity contribution in [1.29, 1.82) is 0 Å². The number of hydrogen-bond acceptors (Lipinski definition) is 5. The van der Waals surface area contributed by atoms with Crippen molar-refractivity contribution < 1.29 is 23.1 Å². The molecule has 2 heterocycles. The van der Waals surface area contributed by atoms with Crippen LogP contribution in [-0.4, -0.2) is 34.8 Å². The zero-order chi connectivity index (χ0) is 21.8. The van der Waals surface area contributed by atoms with E-state index in [1.54, 1.807) is 6.92 Å². The van der Waals surface area contributed by atoms with E-state index in [1.165, 1.54) is 29.4 Å². The number of halogens is 2. The molecule has 7 nitrogen and oxygen atoms in total. The molecular weight excluding hydrogens is 394 g/mol. The Morgan fingerprint density at radius 1 is 1.30 bits per heavy atom. The fraction of sp³-hybridized carbons (Fsp3) is 0.429. The Bertz CT molecular complexity index is 934. The van der Waals surface area contributed by atoms with Gasteiger partial charge in [-0.1, -0.05) is 6.92 Å². The number of carbonyl (C=O) groups is 2.